The first-order valence-corrected chi connectivity index (χ1v) is 6.38. The summed E-state index contributed by atoms with van der Waals surface area (Å²) >= 11 is 0. The van der Waals surface area contributed by atoms with Crippen molar-refractivity contribution in [3.8, 4) is 5.75 Å². The Labute approximate surface area is 114 Å². The molecule has 0 aliphatic carbocycles. The number of rotatable bonds is 7. The van der Waals surface area contributed by atoms with E-state index in [-0.39, 0.29) is 11.7 Å². The molecule has 0 aromatic heterocycles. The lowest BCUT2D eigenvalue weighted by atomic mass is 10.1. The fourth-order valence-corrected chi connectivity index (χ4v) is 1.70. The second-order valence-corrected chi connectivity index (χ2v) is 4.54. The smallest absolute Gasteiger partial charge is 0.327 e. The van der Waals surface area contributed by atoms with Crippen molar-refractivity contribution in [2.45, 2.75) is 13.0 Å². The molecule has 2 N–H and O–H groups in total. The van der Waals surface area contributed by atoms with E-state index < -0.39 is 6.04 Å². The predicted octanol–water partition coefficient (Wildman–Crippen LogP) is 1.15. The fraction of sp³-hybridized carbons (Fsp3) is 0.500. The van der Waals surface area contributed by atoms with Gasteiger partial charge in [0.1, 0.15) is 11.8 Å². The molecule has 0 spiro atoms. The normalized spacial score (nSPS) is 12.4. The molecular weight excluding hydrogens is 244 g/mol. The van der Waals surface area contributed by atoms with Crippen molar-refractivity contribution in [1.82, 2.24) is 10.2 Å². The number of nitrogens with one attached hydrogen (secondary N) is 1. The molecule has 1 rings (SSSR count). The van der Waals surface area contributed by atoms with Crippen molar-refractivity contribution in [1.29, 1.82) is 0 Å². The van der Waals surface area contributed by atoms with Gasteiger partial charge in [0.05, 0.1) is 6.61 Å². The molecule has 0 heterocycles. The number of aromatic hydroxyl groups is 1. The van der Waals surface area contributed by atoms with Crippen LogP contribution in [0.4, 0.5) is 0 Å². The molecule has 0 aliphatic heterocycles. The summed E-state index contributed by atoms with van der Waals surface area (Å²) in [7, 11) is 3.94. The molecule has 0 saturated carbocycles. The first-order valence-electron chi connectivity index (χ1n) is 6.38. The molecule has 0 amide bonds. The Morgan fingerprint density at radius 2 is 2.21 bits per heavy atom. The summed E-state index contributed by atoms with van der Waals surface area (Å²) in [5.41, 5.74) is 0.706. The maximum absolute atomic E-state index is 12.0. The van der Waals surface area contributed by atoms with Gasteiger partial charge in [0, 0.05) is 13.1 Å². The Kier molecular flexibility index (Phi) is 6.32. The van der Waals surface area contributed by atoms with Crippen LogP contribution in [0.5, 0.6) is 5.75 Å². The lowest BCUT2D eigenvalue weighted by Crippen LogP contribution is -2.35. The summed E-state index contributed by atoms with van der Waals surface area (Å²) in [6, 6.07) is 6.11. The Morgan fingerprint density at radius 1 is 1.47 bits per heavy atom. The zero-order chi connectivity index (χ0) is 14.3. The van der Waals surface area contributed by atoms with Crippen LogP contribution in [0.15, 0.2) is 24.3 Å². The van der Waals surface area contributed by atoms with Crippen molar-refractivity contribution < 1.29 is 14.6 Å². The van der Waals surface area contributed by atoms with Gasteiger partial charge in [-0.1, -0.05) is 12.1 Å². The zero-order valence-corrected chi connectivity index (χ0v) is 11.7. The van der Waals surface area contributed by atoms with Gasteiger partial charge in [-0.25, -0.2) is 4.79 Å². The summed E-state index contributed by atoms with van der Waals surface area (Å²) in [5, 5.41) is 12.7. The average Bonchev–Trinajstić information content (AvgIpc) is 2.34. The maximum Gasteiger partial charge on any atom is 0.327 e. The quantitative estimate of drug-likeness (QED) is 0.725. The van der Waals surface area contributed by atoms with Gasteiger partial charge in [-0.3, -0.25) is 5.32 Å². The Balaban J connectivity index is 2.77. The predicted molar refractivity (Wildman–Crippen MR) is 74.0 cm³/mol. The summed E-state index contributed by atoms with van der Waals surface area (Å²) in [6.07, 6.45) is 0. The fourth-order valence-electron chi connectivity index (χ4n) is 1.70. The van der Waals surface area contributed by atoms with Gasteiger partial charge in [0.25, 0.3) is 0 Å². The number of likely N-dealkylation sites (N-methyl/N-ethyl adjacent to an activating group) is 1. The Hall–Kier alpha value is -1.59. The van der Waals surface area contributed by atoms with Crippen LogP contribution in [0.25, 0.3) is 0 Å². The Bertz CT molecular complexity index is 407. The topological polar surface area (TPSA) is 61.8 Å². The van der Waals surface area contributed by atoms with E-state index in [0.717, 1.165) is 6.54 Å². The molecular formula is C14H22N2O3. The van der Waals surface area contributed by atoms with E-state index in [2.05, 4.69) is 5.32 Å². The molecule has 5 nitrogen and oxygen atoms in total. The molecule has 0 fully saturated rings. The van der Waals surface area contributed by atoms with Gasteiger partial charge in [0.2, 0.25) is 0 Å². The van der Waals surface area contributed by atoms with E-state index in [0.29, 0.717) is 18.7 Å². The van der Waals surface area contributed by atoms with Gasteiger partial charge >= 0.3 is 5.97 Å². The lowest BCUT2D eigenvalue weighted by molar-refractivity contribution is -0.145. The number of nitrogens with zero attached hydrogens (tertiary/aromatic N) is 1. The number of phenolic OH excluding ortho intramolecular Hbond substituents is 1. The largest absolute Gasteiger partial charge is 0.508 e. The minimum Gasteiger partial charge on any atom is -0.508 e. The van der Waals surface area contributed by atoms with E-state index in [1.165, 1.54) is 0 Å². The van der Waals surface area contributed by atoms with Crippen LogP contribution in [0.1, 0.15) is 18.5 Å². The third-order valence-corrected chi connectivity index (χ3v) is 2.63. The number of ether oxygens (including phenoxy) is 1. The molecule has 1 aromatic rings. The van der Waals surface area contributed by atoms with E-state index in [9.17, 15) is 9.90 Å². The molecule has 0 aliphatic rings. The van der Waals surface area contributed by atoms with Crippen LogP contribution >= 0.6 is 0 Å². The monoisotopic (exact) mass is 266 g/mol. The Morgan fingerprint density at radius 3 is 2.79 bits per heavy atom. The number of esters is 1. The van der Waals surface area contributed by atoms with Crippen LogP contribution in [-0.2, 0) is 9.53 Å². The molecule has 0 radical (unpaired) electrons. The van der Waals surface area contributed by atoms with Crippen LogP contribution in [0, 0.1) is 0 Å². The highest BCUT2D eigenvalue weighted by Gasteiger charge is 2.21. The van der Waals surface area contributed by atoms with Crippen LogP contribution in [0.2, 0.25) is 0 Å². The summed E-state index contributed by atoms with van der Waals surface area (Å²) in [5.74, 6) is -0.187. The number of carbonyl (C=O) groups excluding carboxylic acids is 1. The number of phenols is 1. The van der Waals surface area contributed by atoms with Crippen LogP contribution in [0.3, 0.4) is 0 Å². The highest BCUT2D eigenvalue weighted by molar-refractivity contribution is 5.77. The van der Waals surface area contributed by atoms with Crippen molar-refractivity contribution in [3.63, 3.8) is 0 Å². The standard InChI is InChI=1S/C14H22N2O3/c1-4-19-14(18)13(15-8-9-16(2)3)11-6-5-7-12(17)10-11/h5-7,10,13,15,17H,4,8-9H2,1-3H3. The number of benzene rings is 1. The maximum atomic E-state index is 12.0. The SMILES string of the molecule is CCOC(=O)C(NCCN(C)C)c1cccc(O)c1. The van der Waals surface area contributed by atoms with Crippen molar-refractivity contribution in [2.75, 3.05) is 33.8 Å². The van der Waals surface area contributed by atoms with Gasteiger partial charge in [0.15, 0.2) is 0 Å². The zero-order valence-electron chi connectivity index (χ0n) is 11.7. The molecule has 1 unspecified atom stereocenters. The van der Waals surface area contributed by atoms with Crippen molar-refractivity contribution in [2.24, 2.45) is 0 Å². The number of carbonyl (C=O) groups is 1. The summed E-state index contributed by atoms with van der Waals surface area (Å²) in [4.78, 5) is 14.0. The highest BCUT2D eigenvalue weighted by Crippen LogP contribution is 2.19. The van der Waals surface area contributed by atoms with Crippen molar-refractivity contribution >= 4 is 5.97 Å². The first kappa shape index (κ1) is 15.5. The minimum absolute atomic E-state index is 0.140. The third kappa shape index (κ3) is 5.28. The molecule has 19 heavy (non-hydrogen) atoms. The summed E-state index contributed by atoms with van der Waals surface area (Å²) in [6.45, 7) is 3.58. The highest BCUT2D eigenvalue weighted by atomic mass is 16.5. The van der Waals surface area contributed by atoms with E-state index in [1.807, 2.05) is 19.0 Å². The lowest BCUT2D eigenvalue weighted by Gasteiger charge is -2.19. The third-order valence-electron chi connectivity index (χ3n) is 2.63. The van der Waals surface area contributed by atoms with Gasteiger partial charge in [-0.05, 0) is 38.7 Å². The van der Waals surface area contributed by atoms with Crippen LogP contribution in [-0.4, -0.2) is 49.8 Å². The van der Waals surface area contributed by atoms with Gasteiger partial charge in [-0.15, -0.1) is 0 Å². The van der Waals surface area contributed by atoms with E-state index in [4.69, 9.17) is 4.74 Å². The minimum atomic E-state index is -0.549. The van der Waals surface area contributed by atoms with Crippen LogP contribution < -0.4 is 5.32 Å². The molecule has 0 bridgehead atoms. The molecule has 5 heteroatoms. The average molecular weight is 266 g/mol. The second kappa shape index (κ2) is 7.76. The number of hydrogen-bond donors (Lipinski definition) is 2. The molecule has 1 atom stereocenters. The molecule has 0 saturated heterocycles. The van der Waals surface area contributed by atoms with Gasteiger partial charge in [-0.2, -0.15) is 0 Å². The second-order valence-electron chi connectivity index (χ2n) is 4.54. The summed E-state index contributed by atoms with van der Waals surface area (Å²) < 4.78 is 5.06. The number of hydrogen-bond acceptors (Lipinski definition) is 5. The van der Waals surface area contributed by atoms with E-state index in [1.54, 1.807) is 31.2 Å². The first-order chi connectivity index (χ1) is 9.04. The van der Waals surface area contributed by atoms with Crippen molar-refractivity contribution in [3.05, 3.63) is 29.8 Å². The van der Waals surface area contributed by atoms with Gasteiger partial charge < -0.3 is 14.7 Å². The molecule has 106 valence electrons. The molecule has 1 aromatic carbocycles. The van der Waals surface area contributed by atoms with E-state index >= 15 is 0 Å².